The Morgan fingerprint density at radius 2 is 2.05 bits per heavy atom. The Bertz CT molecular complexity index is 500. The predicted octanol–water partition coefficient (Wildman–Crippen LogP) is 0.828. The number of nitrogen functional groups attached to an aromatic ring is 1. The van der Waals surface area contributed by atoms with Crippen LogP contribution >= 0.6 is 0 Å². The van der Waals surface area contributed by atoms with E-state index in [0.29, 0.717) is 24.0 Å². The molecule has 6 heteroatoms. The highest BCUT2D eigenvalue weighted by Gasteiger charge is 2.23. The summed E-state index contributed by atoms with van der Waals surface area (Å²) in [5.74, 6) is -0.992. The summed E-state index contributed by atoms with van der Waals surface area (Å²) in [4.78, 5) is 24.2. The van der Waals surface area contributed by atoms with Crippen molar-refractivity contribution in [1.82, 2.24) is 5.32 Å². The number of anilines is 2. The number of carboxylic acids is 1. The second-order valence-electron chi connectivity index (χ2n) is 4.97. The van der Waals surface area contributed by atoms with Gasteiger partial charge in [-0.2, -0.15) is 0 Å². The van der Waals surface area contributed by atoms with Crippen LogP contribution in [-0.2, 0) is 9.59 Å². The maximum absolute atomic E-state index is 11.7. The van der Waals surface area contributed by atoms with Gasteiger partial charge in [0.2, 0.25) is 5.91 Å². The van der Waals surface area contributed by atoms with Crippen molar-refractivity contribution in [3.8, 4) is 0 Å². The minimum atomic E-state index is -0.948. The van der Waals surface area contributed by atoms with E-state index in [4.69, 9.17) is 10.8 Å². The zero-order valence-electron chi connectivity index (χ0n) is 11.2. The molecule has 1 aromatic rings. The average Bonchev–Trinajstić information content (AvgIpc) is 3.19. The van der Waals surface area contributed by atoms with E-state index in [1.165, 1.54) is 0 Å². The maximum Gasteiger partial charge on any atom is 0.323 e. The Morgan fingerprint density at radius 3 is 2.65 bits per heavy atom. The van der Waals surface area contributed by atoms with Crippen LogP contribution in [0.15, 0.2) is 24.3 Å². The van der Waals surface area contributed by atoms with Gasteiger partial charge >= 0.3 is 5.97 Å². The number of para-hydroxylation sites is 2. The number of nitrogens with two attached hydrogens (primary N) is 1. The Morgan fingerprint density at radius 1 is 1.35 bits per heavy atom. The van der Waals surface area contributed by atoms with Crippen LogP contribution in [0.1, 0.15) is 19.3 Å². The van der Waals surface area contributed by atoms with Crippen LogP contribution in [0, 0.1) is 0 Å². The SMILES string of the molecule is Nc1ccccc1N(CCC(=O)NC1CC1)CC(=O)O. The number of benzene rings is 1. The summed E-state index contributed by atoms with van der Waals surface area (Å²) >= 11 is 0. The summed E-state index contributed by atoms with van der Waals surface area (Å²) in [5.41, 5.74) is 7.02. The quantitative estimate of drug-likeness (QED) is 0.642. The molecule has 0 bridgehead atoms. The molecule has 1 aromatic carbocycles. The lowest BCUT2D eigenvalue weighted by atomic mass is 10.2. The number of carboxylic acid groups (broad SMARTS) is 1. The summed E-state index contributed by atoms with van der Waals surface area (Å²) in [6.07, 6.45) is 2.34. The highest BCUT2D eigenvalue weighted by Crippen LogP contribution is 2.23. The lowest BCUT2D eigenvalue weighted by Gasteiger charge is -2.24. The second kappa shape index (κ2) is 6.27. The minimum Gasteiger partial charge on any atom is -0.480 e. The van der Waals surface area contributed by atoms with E-state index in [1.807, 2.05) is 0 Å². The van der Waals surface area contributed by atoms with Crippen LogP contribution in [0.4, 0.5) is 11.4 Å². The van der Waals surface area contributed by atoms with Crippen LogP contribution in [0.3, 0.4) is 0 Å². The summed E-state index contributed by atoms with van der Waals surface area (Å²) in [6.45, 7) is 0.157. The van der Waals surface area contributed by atoms with Crippen molar-refractivity contribution in [3.63, 3.8) is 0 Å². The van der Waals surface area contributed by atoms with Gasteiger partial charge in [0, 0.05) is 19.0 Å². The third-order valence-electron chi connectivity index (χ3n) is 3.15. The van der Waals surface area contributed by atoms with Gasteiger partial charge in [0.25, 0.3) is 0 Å². The molecular formula is C14H19N3O3. The normalized spacial score (nSPS) is 13.8. The van der Waals surface area contributed by atoms with Crippen LogP contribution in [0.2, 0.25) is 0 Å². The molecule has 0 spiro atoms. The van der Waals surface area contributed by atoms with Gasteiger partial charge in [-0.25, -0.2) is 0 Å². The summed E-state index contributed by atoms with van der Waals surface area (Å²) in [7, 11) is 0. The van der Waals surface area contributed by atoms with Gasteiger partial charge in [-0.1, -0.05) is 12.1 Å². The lowest BCUT2D eigenvalue weighted by molar-refractivity contribution is -0.135. The fourth-order valence-corrected chi connectivity index (χ4v) is 1.99. The molecule has 1 amide bonds. The molecule has 0 heterocycles. The molecule has 0 aliphatic heterocycles. The Hall–Kier alpha value is -2.24. The molecule has 0 aromatic heterocycles. The molecule has 108 valence electrons. The first-order valence-electron chi connectivity index (χ1n) is 6.67. The van der Waals surface area contributed by atoms with Crippen molar-refractivity contribution in [2.75, 3.05) is 23.7 Å². The van der Waals surface area contributed by atoms with Gasteiger partial charge in [-0.3, -0.25) is 9.59 Å². The van der Waals surface area contributed by atoms with Crippen molar-refractivity contribution in [2.45, 2.75) is 25.3 Å². The molecule has 2 rings (SSSR count). The smallest absolute Gasteiger partial charge is 0.323 e. The molecule has 1 fully saturated rings. The van der Waals surface area contributed by atoms with Crippen molar-refractivity contribution in [2.24, 2.45) is 0 Å². The molecule has 1 saturated carbocycles. The number of hydrogen-bond donors (Lipinski definition) is 3. The standard InChI is InChI=1S/C14H19N3O3/c15-11-3-1-2-4-12(11)17(9-14(19)20)8-7-13(18)16-10-5-6-10/h1-4,10H,5-9,15H2,(H,16,18)(H,19,20). The van der Waals surface area contributed by atoms with Gasteiger partial charge in [0.15, 0.2) is 0 Å². The zero-order chi connectivity index (χ0) is 14.5. The van der Waals surface area contributed by atoms with E-state index in [-0.39, 0.29) is 18.9 Å². The van der Waals surface area contributed by atoms with Crippen LogP contribution in [0.5, 0.6) is 0 Å². The minimum absolute atomic E-state index is 0.0441. The number of carbonyl (C=O) groups excluding carboxylic acids is 1. The fraction of sp³-hybridized carbons (Fsp3) is 0.429. The van der Waals surface area contributed by atoms with E-state index in [9.17, 15) is 9.59 Å². The van der Waals surface area contributed by atoms with Gasteiger partial charge < -0.3 is 21.1 Å². The second-order valence-corrected chi connectivity index (χ2v) is 4.97. The molecule has 0 radical (unpaired) electrons. The predicted molar refractivity (Wildman–Crippen MR) is 76.5 cm³/mol. The summed E-state index contributed by atoms with van der Waals surface area (Å²) in [6, 6.07) is 7.38. The zero-order valence-corrected chi connectivity index (χ0v) is 11.2. The number of rotatable bonds is 7. The number of nitrogens with one attached hydrogen (secondary N) is 1. The van der Waals surface area contributed by atoms with Crippen molar-refractivity contribution in [3.05, 3.63) is 24.3 Å². The summed E-state index contributed by atoms with van der Waals surface area (Å²) in [5, 5.41) is 11.9. The molecule has 1 aliphatic carbocycles. The highest BCUT2D eigenvalue weighted by molar-refractivity contribution is 5.80. The lowest BCUT2D eigenvalue weighted by Crippen LogP contribution is -2.35. The van der Waals surface area contributed by atoms with Crippen molar-refractivity contribution >= 4 is 23.3 Å². The number of hydrogen-bond acceptors (Lipinski definition) is 4. The first-order chi connectivity index (χ1) is 9.56. The molecule has 4 N–H and O–H groups in total. The Balaban J connectivity index is 1.97. The molecule has 6 nitrogen and oxygen atoms in total. The van der Waals surface area contributed by atoms with E-state index in [1.54, 1.807) is 29.2 Å². The van der Waals surface area contributed by atoms with Crippen LogP contribution in [-0.4, -0.2) is 36.1 Å². The van der Waals surface area contributed by atoms with Gasteiger partial charge in [0.05, 0.1) is 11.4 Å². The monoisotopic (exact) mass is 277 g/mol. The molecule has 0 unspecified atom stereocenters. The third kappa shape index (κ3) is 4.15. The van der Waals surface area contributed by atoms with Gasteiger partial charge in [-0.15, -0.1) is 0 Å². The van der Waals surface area contributed by atoms with Crippen molar-refractivity contribution < 1.29 is 14.7 Å². The van der Waals surface area contributed by atoms with E-state index >= 15 is 0 Å². The first-order valence-corrected chi connectivity index (χ1v) is 6.67. The third-order valence-corrected chi connectivity index (χ3v) is 3.15. The number of nitrogens with zero attached hydrogens (tertiary/aromatic N) is 1. The average molecular weight is 277 g/mol. The first kappa shape index (κ1) is 14.2. The van der Waals surface area contributed by atoms with E-state index in [0.717, 1.165) is 12.8 Å². The van der Waals surface area contributed by atoms with E-state index in [2.05, 4.69) is 5.32 Å². The Kier molecular flexibility index (Phi) is 4.45. The highest BCUT2D eigenvalue weighted by atomic mass is 16.4. The largest absolute Gasteiger partial charge is 0.480 e. The van der Waals surface area contributed by atoms with Gasteiger partial charge in [0.1, 0.15) is 6.54 Å². The van der Waals surface area contributed by atoms with E-state index < -0.39 is 5.97 Å². The number of carbonyl (C=O) groups is 2. The maximum atomic E-state index is 11.7. The van der Waals surface area contributed by atoms with Crippen LogP contribution < -0.4 is 16.0 Å². The fourth-order valence-electron chi connectivity index (χ4n) is 1.99. The van der Waals surface area contributed by atoms with Crippen LogP contribution in [0.25, 0.3) is 0 Å². The number of amides is 1. The van der Waals surface area contributed by atoms with Gasteiger partial charge in [-0.05, 0) is 25.0 Å². The topological polar surface area (TPSA) is 95.7 Å². The van der Waals surface area contributed by atoms with Crippen molar-refractivity contribution in [1.29, 1.82) is 0 Å². The number of aliphatic carboxylic acids is 1. The molecule has 20 heavy (non-hydrogen) atoms. The molecule has 0 saturated heterocycles. The Labute approximate surface area is 117 Å². The molecule has 0 atom stereocenters. The molecular weight excluding hydrogens is 258 g/mol. The molecule has 1 aliphatic rings. The summed E-state index contributed by atoms with van der Waals surface area (Å²) < 4.78 is 0.